The van der Waals surface area contributed by atoms with Gasteiger partial charge in [0.2, 0.25) is 0 Å². The lowest BCUT2D eigenvalue weighted by atomic mass is 9.88. The van der Waals surface area contributed by atoms with Crippen LogP contribution in [0, 0.1) is 5.92 Å². The molecule has 0 saturated heterocycles. The summed E-state index contributed by atoms with van der Waals surface area (Å²) in [5.74, 6) is 0.496. The third-order valence-corrected chi connectivity index (χ3v) is 3.77. The first-order chi connectivity index (χ1) is 9.13. The SMILES string of the molecule is COc1cccc(N)c1C(=O)OC1CCCCC1C. The van der Waals surface area contributed by atoms with Gasteiger partial charge in [0, 0.05) is 5.69 Å². The number of methoxy groups -OCH3 is 1. The molecule has 2 unspecified atom stereocenters. The molecule has 2 rings (SSSR count). The minimum atomic E-state index is -0.381. The second-order valence-electron chi connectivity index (χ2n) is 5.13. The minimum absolute atomic E-state index is 0.00874. The summed E-state index contributed by atoms with van der Waals surface area (Å²) in [5, 5.41) is 0. The number of hydrogen-bond acceptors (Lipinski definition) is 4. The van der Waals surface area contributed by atoms with E-state index in [0.717, 1.165) is 19.3 Å². The van der Waals surface area contributed by atoms with Crippen LogP contribution in [0.1, 0.15) is 43.0 Å². The molecule has 4 nitrogen and oxygen atoms in total. The number of hydrogen-bond donors (Lipinski definition) is 1. The number of carbonyl (C=O) groups is 1. The zero-order chi connectivity index (χ0) is 13.8. The number of ether oxygens (including phenoxy) is 2. The number of carbonyl (C=O) groups excluding carboxylic acids is 1. The molecular weight excluding hydrogens is 242 g/mol. The highest BCUT2D eigenvalue weighted by Crippen LogP contribution is 2.30. The molecule has 1 saturated carbocycles. The van der Waals surface area contributed by atoms with Gasteiger partial charge < -0.3 is 15.2 Å². The topological polar surface area (TPSA) is 61.5 Å². The van der Waals surface area contributed by atoms with Crippen molar-refractivity contribution in [3.63, 3.8) is 0 Å². The first-order valence-corrected chi connectivity index (χ1v) is 6.77. The molecule has 0 radical (unpaired) electrons. The quantitative estimate of drug-likeness (QED) is 0.672. The summed E-state index contributed by atoms with van der Waals surface area (Å²) in [4.78, 5) is 12.3. The van der Waals surface area contributed by atoms with Gasteiger partial charge >= 0.3 is 5.97 Å². The summed E-state index contributed by atoms with van der Waals surface area (Å²) in [5.41, 5.74) is 6.59. The molecule has 2 N–H and O–H groups in total. The van der Waals surface area contributed by atoms with Crippen molar-refractivity contribution in [2.24, 2.45) is 5.92 Å². The predicted octanol–water partition coefficient (Wildman–Crippen LogP) is 3.01. The molecule has 0 heterocycles. The van der Waals surface area contributed by atoms with E-state index >= 15 is 0 Å². The summed E-state index contributed by atoms with van der Waals surface area (Å²) in [6.45, 7) is 2.13. The molecule has 0 bridgehead atoms. The van der Waals surface area contributed by atoms with Crippen LogP contribution >= 0.6 is 0 Å². The van der Waals surface area contributed by atoms with Crippen molar-refractivity contribution >= 4 is 11.7 Å². The van der Waals surface area contributed by atoms with Gasteiger partial charge in [0.05, 0.1) is 7.11 Å². The number of nitrogens with two attached hydrogens (primary N) is 1. The standard InChI is InChI=1S/C15H21NO3/c1-10-6-3-4-8-12(10)19-15(17)14-11(16)7-5-9-13(14)18-2/h5,7,9-10,12H,3-4,6,8,16H2,1-2H3. The summed E-state index contributed by atoms with van der Waals surface area (Å²) < 4.78 is 10.8. The van der Waals surface area contributed by atoms with Crippen molar-refractivity contribution in [1.82, 2.24) is 0 Å². The maximum atomic E-state index is 12.3. The minimum Gasteiger partial charge on any atom is -0.496 e. The Morgan fingerprint density at radius 3 is 2.74 bits per heavy atom. The predicted molar refractivity (Wildman–Crippen MR) is 74.2 cm³/mol. The molecule has 0 aromatic heterocycles. The molecule has 0 amide bonds. The van der Waals surface area contributed by atoms with Crippen molar-refractivity contribution in [1.29, 1.82) is 0 Å². The van der Waals surface area contributed by atoms with Gasteiger partial charge in [0.15, 0.2) is 0 Å². The highest BCUT2D eigenvalue weighted by Gasteiger charge is 2.27. The number of rotatable bonds is 3. The Morgan fingerprint density at radius 2 is 2.05 bits per heavy atom. The van der Waals surface area contributed by atoms with Gasteiger partial charge in [-0.15, -0.1) is 0 Å². The summed E-state index contributed by atoms with van der Waals surface area (Å²) in [6, 6.07) is 5.16. The Labute approximate surface area is 113 Å². The van der Waals surface area contributed by atoms with E-state index in [2.05, 4.69) is 6.92 Å². The second kappa shape index (κ2) is 5.95. The van der Waals surface area contributed by atoms with Crippen LogP contribution in [0.25, 0.3) is 0 Å². The lowest BCUT2D eigenvalue weighted by Gasteiger charge is -2.28. The molecular formula is C15H21NO3. The molecule has 1 aromatic carbocycles. The molecule has 2 atom stereocenters. The average Bonchev–Trinajstić information content (AvgIpc) is 2.40. The van der Waals surface area contributed by atoms with Crippen molar-refractivity contribution in [3.8, 4) is 5.75 Å². The van der Waals surface area contributed by atoms with Crippen LogP contribution in [-0.2, 0) is 4.74 Å². The largest absolute Gasteiger partial charge is 0.496 e. The van der Waals surface area contributed by atoms with Crippen LogP contribution in [0.3, 0.4) is 0 Å². The first-order valence-electron chi connectivity index (χ1n) is 6.77. The highest BCUT2D eigenvalue weighted by molar-refractivity contribution is 5.98. The fourth-order valence-corrected chi connectivity index (χ4v) is 2.59. The highest BCUT2D eigenvalue weighted by atomic mass is 16.5. The van der Waals surface area contributed by atoms with Crippen LogP contribution in [0.4, 0.5) is 5.69 Å². The van der Waals surface area contributed by atoms with E-state index in [9.17, 15) is 4.79 Å². The smallest absolute Gasteiger partial charge is 0.344 e. The molecule has 19 heavy (non-hydrogen) atoms. The van der Waals surface area contributed by atoms with Crippen LogP contribution in [-0.4, -0.2) is 19.2 Å². The third kappa shape index (κ3) is 3.00. The molecule has 1 aromatic rings. The Bertz CT molecular complexity index is 459. The van der Waals surface area contributed by atoms with Crippen molar-refractivity contribution < 1.29 is 14.3 Å². The third-order valence-electron chi connectivity index (χ3n) is 3.77. The van der Waals surface area contributed by atoms with Gasteiger partial charge in [-0.2, -0.15) is 0 Å². The monoisotopic (exact) mass is 263 g/mol. The first kappa shape index (κ1) is 13.7. The van der Waals surface area contributed by atoms with Gasteiger partial charge in [-0.05, 0) is 37.3 Å². The lowest BCUT2D eigenvalue weighted by molar-refractivity contribution is 0.00465. The second-order valence-corrected chi connectivity index (χ2v) is 5.13. The summed E-state index contributed by atoms with van der Waals surface area (Å²) in [7, 11) is 1.52. The Morgan fingerprint density at radius 1 is 1.32 bits per heavy atom. The van der Waals surface area contributed by atoms with Gasteiger partial charge in [-0.1, -0.05) is 19.4 Å². The maximum absolute atomic E-state index is 12.3. The van der Waals surface area contributed by atoms with Crippen molar-refractivity contribution in [2.45, 2.75) is 38.7 Å². The number of esters is 1. The maximum Gasteiger partial charge on any atom is 0.344 e. The van der Waals surface area contributed by atoms with Crippen LogP contribution in [0.5, 0.6) is 5.75 Å². The molecule has 0 spiro atoms. The van der Waals surface area contributed by atoms with Gasteiger partial charge in [0.1, 0.15) is 17.4 Å². The van der Waals surface area contributed by atoms with Crippen molar-refractivity contribution in [3.05, 3.63) is 23.8 Å². The Kier molecular flexibility index (Phi) is 4.30. The molecule has 1 aliphatic rings. The van der Waals surface area contributed by atoms with E-state index in [1.54, 1.807) is 18.2 Å². The number of anilines is 1. The molecule has 1 aliphatic carbocycles. The van der Waals surface area contributed by atoms with Crippen molar-refractivity contribution in [2.75, 3.05) is 12.8 Å². The van der Waals surface area contributed by atoms with E-state index < -0.39 is 0 Å². The van der Waals surface area contributed by atoms with Crippen LogP contribution in [0.2, 0.25) is 0 Å². The zero-order valence-electron chi connectivity index (χ0n) is 11.5. The summed E-state index contributed by atoms with van der Waals surface area (Å²) in [6.07, 6.45) is 4.36. The van der Waals surface area contributed by atoms with E-state index in [1.165, 1.54) is 13.5 Å². The molecule has 104 valence electrons. The van der Waals surface area contributed by atoms with Gasteiger partial charge in [-0.3, -0.25) is 0 Å². The van der Waals surface area contributed by atoms with Gasteiger partial charge in [-0.25, -0.2) is 4.79 Å². The van der Waals surface area contributed by atoms with E-state index in [-0.39, 0.29) is 12.1 Å². The Hall–Kier alpha value is -1.71. The lowest BCUT2D eigenvalue weighted by Crippen LogP contribution is -2.28. The summed E-state index contributed by atoms with van der Waals surface area (Å²) >= 11 is 0. The van der Waals surface area contributed by atoms with Crippen LogP contribution in [0.15, 0.2) is 18.2 Å². The fraction of sp³-hybridized carbons (Fsp3) is 0.533. The van der Waals surface area contributed by atoms with Crippen LogP contribution < -0.4 is 10.5 Å². The van der Waals surface area contributed by atoms with E-state index in [1.807, 2.05) is 0 Å². The van der Waals surface area contributed by atoms with Gasteiger partial charge in [0.25, 0.3) is 0 Å². The molecule has 1 fully saturated rings. The number of nitrogen functional groups attached to an aromatic ring is 1. The average molecular weight is 263 g/mol. The van der Waals surface area contributed by atoms with E-state index in [0.29, 0.717) is 22.9 Å². The van der Waals surface area contributed by atoms with E-state index in [4.69, 9.17) is 15.2 Å². The fourth-order valence-electron chi connectivity index (χ4n) is 2.59. The molecule has 4 heteroatoms. The zero-order valence-corrected chi connectivity index (χ0v) is 11.5. The normalized spacial score (nSPS) is 22.8. The Balaban J connectivity index is 2.15. The number of benzene rings is 1. The molecule has 0 aliphatic heterocycles.